The van der Waals surface area contributed by atoms with Gasteiger partial charge in [0.25, 0.3) is 0 Å². The molecule has 0 atom stereocenters. The number of hydrogen-bond acceptors (Lipinski definition) is 0. The van der Waals surface area contributed by atoms with Crippen LogP contribution in [0.5, 0.6) is 0 Å². The molecule has 0 N–H and O–H groups in total. The number of fused-ring (bicyclic) bond motifs is 2. The maximum absolute atomic E-state index is 2.27. The van der Waals surface area contributed by atoms with Crippen LogP contribution >= 0.6 is 0 Å². The third-order valence-electron chi connectivity index (χ3n) is 3.81. The first-order valence-corrected chi connectivity index (χ1v) is 10.5. The van der Waals surface area contributed by atoms with E-state index in [1.54, 1.807) is 0 Å². The molecule has 4 aromatic carbocycles. The normalized spacial score (nSPS) is 9.75. The molecule has 0 aliphatic carbocycles. The summed E-state index contributed by atoms with van der Waals surface area (Å²) >= 11 is 0. The molecule has 4 aromatic rings. The molecule has 0 nitrogen and oxygen atoms in total. The van der Waals surface area contributed by atoms with Gasteiger partial charge in [0.1, 0.15) is 0 Å². The second-order valence-corrected chi connectivity index (χ2v) is 7.40. The first-order valence-electron chi connectivity index (χ1n) is 7.46. The smallest absolute Gasteiger partial charge is 0.0524 e. The predicted molar refractivity (Wildman–Crippen MR) is 102 cm³/mol. The van der Waals surface area contributed by atoms with Crippen molar-refractivity contribution in [2.75, 3.05) is 0 Å². The van der Waals surface area contributed by atoms with Gasteiger partial charge in [-0.3, -0.25) is 0 Å². The van der Waals surface area contributed by atoms with Crippen molar-refractivity contribution in [1.82, 2.24) is 0 Å². The van der Waals surface area contributed by atoms with Crippen molar-refractivity contribution in [1.29, 1.82) is 0 Å². The molecule has 0 aliphatic rings. The Bertz CT molecular complexity index is 739. The largest absolute Gasteiger partial charge is 1.00 e. The van der Waals surface area contributed by atoms with Gasteiger partial charge in [-0.15, -0.1) is 59.3 Å². The van der Waals surface area contributed by atoms with Crippen LogP contribution in [0, 0.1) is 0 Å². The number of benzene rings is 2. The van der Waals surface area contributed by atoms with Gasteiger partial charge < -0.3 is 12.4 Å². The minimum atomic E-state index is 0. The monoisotopic (exact) mass is 400 g/mol. The van der Waals surface area contributed by atoms with E-state index in [0.29, 0.717) is 0 Å². The molecular formula is C20H18ClSi2V-3. The molecule has 4 heteroatoms. The molecule has 0 saturated carbocycles. The molecule has 0 saturated heterocycles. The van der Waals surface area contributed by atoms with Crippen LogP contribution in [0.4, 0.5) is 0 Å². The Hall–Kier alpha value is -1.03. The summed E-state index contributed by atoms with van der Waals surface area (Å²) in [5.41, 5.74) is 0. The zero-order valence-corrected chi connectivity index (χ0v) is 17.9. The molecule has 0 aliphatic heterocycles. The van der Waals surface area contributed by atoms with E-state index >= 15 is 0 Å². The fraction of sp³-hybridized carbons (Fsp3) is 0.100. The second kappa shape index (κ2) is 10.1. The summed E-state index contributed by atoms with van der Waals surface area (Å²) in [6.45, 7) is 4.43. The molecule has 0 unspecified atom stereocenters. The minimum absolute atomic E-state index is 0. The van der Waals surface area contributed by atoms with E-state index in [0.717, 1.165) is 19.0 Å². The van der Waals surface area contributed by atoms with E-state index < -0.39 is 0 Å². The van der Waals surface area contributed by atoms with Crippen LogP contribution in [0.1, 0.15) is 0 Å². The van der Waals surface area contributed by atoms with Gasteiger partial charge in [-0.05, 0) is 0 Å². The molecular weight excluding hydrogens is 383 g/mol. The average molecular weight is 401 g/mol. The van der Waals surface area contributed by atoms with Crippen LogP contribution in [0.15, 0.2) is 72.8 Å². The van der Waals surface area contributed by atoms with Gasteiger partial charge in [-0.1, -0.05) is 25.2 Å². The van der Waals surface area contributed by atoms with Gasteiger partial charge >= 0.3 is 0 Å². The summed E-state index contributed by atoms with van der Waals surface area (Å²) < 4.78 is 0. The molecule has 0 fully saturated rings. The minimum Gasteiger partial charge on any atom is -1.00 e. The molecule has 24 heavy (non-hydrogen) atoms. The van der Waals surface area contributed by atoms with E-state index in [2.05, 4.69) is 85.9 Å². The Balaban J connectivity index is 0.000000222. The quantitative estimate of drug-likeness (QED) is 0.346. The summed E-state index contributed by atoms with van der Waals surface area (Å²) in [6, 6.07) is 26.1. The van der Waals surface area contributed by atoms with Crippen molar-refractivity contribution in [2.45, 2.75) is 13.1 Å². The molecule has 0 bridgehead atoms. The Morgan fingerprint density at radius 1 is 0.667 bits per heavy atom. The van der Waals surface area contributed by atoms with Crippen molar-refractivity contribution in [3.63, 3.8) is 0 Å². The van der Waals surface area contributed by atoms with Crippen LogP contribution < -0.4 is 22.8 Å². The molecule has 0 aromatic heterocycles. The van der Waals surface area contributed by atoms with Crippen LogP contribution in [-0.2, 0) is 18.6 Å². The fourth-order valence-electron chi connectivity index (χ4n) is 2.59. The van der Waals surface area contributed by atoms with Crippen LogP contribution in [-0.4, -0.2) is 19.0 Å². The van der Waals surface area contributed by atoms with Gasteiger partial charge in [0.05, 0.1) is 19.0 Å². The van der Waals surface area contributed by atoms with Crippen LogP contribution in [0.2, 0.25) is 13.1 Å². The van der Waals surface area contributed by atoms with Crippen molar-refractivity contribution >= 4 is 51.0 Å². The summed E-state index contributed by atoms with van der Waals surface area (Å²) in [5.74, 6) is 0. The molecule has 121 valence electrons. The van der Waals surface area contributed by atoms with E-state index in [4.69, 9.17) is 0 Å². The molecule has 5 radical (unpaired) electrons. The van der Waals surface area contributed by atoms with Crippen molar-refractivity contribution < 1.29 is 31.0 Å². The number of hydrogen-bond donors (Lipinski definition) is 0. The first-order chi connectivity index (χ1) is 10.8. The second-order valence-electron chi connectivity index (χ2n) is 5.25. The van der Waals surface area contributed by atoms with Gasteiger partial charge in [-0.2, -0.15) is 33.3 Å². The van der Waals surface area contributed by atoms with Crippen molar-refractivity contribution in [3.8, 4) is 0 Å². The summed E-state index contributed by atoms with van der Waals surface area (Å²) in [7, 11) is 1.83. The van der Waals surface area contributed by atoms with E-state index in [9.17, 15) is 0 Å². The molecule has 0 heterocycles. The third kappa shape index (κ3) is 4.98. The molecule has 4 rings (SSSR count). The Morgan fingerprint density at radius 2 is 1.04 bits per heavy atom. The molecule has 0 amide bonds. The SMILES string of the molecule is C[Si]c1cc2ccccc2[cH-]1.C[Si]c1cc2ccccc2[cH-]1.[Cl-].[V]. The Morgan fingerprint density at radius 3 is 1.38 bits per heavy atom. The van der Waals surface area contributed by atoms with Gasteiger partial charge in [0.2, 0.25) is 0 Å². The Kier molecular flexibility index (Phi) is 8.82. The summed E-state index contributed by atoms with van der Waals surface area (Å²) in [6.07, 6.45) is 0. The maximum Gasteiger partial charge on any atom is 0.0524 e. The zero-order valence-electron chi connectivity index (χ0n) is 13.8. The van der Waals surface area contributed by atoms with Gasteiger partial charge in [-0.25, -0.2) is 0 Å². The topological polar surface area (TPSA) is 0 Å². The van der Waals surface area contributed by atoms with E-state index in [1.807, 2.05) is 0 Å². The zero-order chi connectivity index (χ0) is 15.4. The summed E-state index contributed by atoms with van der Waals surface area (Å²) in [4.78, 5) is 0. The van der Waals surface area contributed by atoms with Gasteiger partial charge in [0, 0.05) is 18.6 Å². The average Bonchev–Trinajstić information content (AvgIpc) is 3.18. The standard InChI is InChI=1S/2C10H9Si.ClH.V/c2*1-11-10-6-8-4-2-3-5-9(8)7-10;;/h2*2-7H,1H3;1H;/q2*-1;;/p-1. The van der Waals surface area contributed by atoms with Crippen molar-refractivity contribution in [3.05, 3.63) is 72.8 Å². The first kappa shape index (κ1) is 21.0. The fourth-order valence-corrected chi connectivity index (χ4v) is 3.79. The van der Waals surface area contributed by atoms with Crippen LogP contribution in [0.25, 0.3) is 21.5 Å². The third-order valence-corrected chi connectivity index (χ3v) is 5.55. The number of rotatable bonds is 2. The maximum atomic E-state index is 2.27. The van der Waals surface area contributed by atoms with E-state index in [1.165, 1.54) is 31.9 Å². The van der Waals surface area contributed by atoms with Crippen LogP contribution in [0.3, 0.4) is 0 Å². The Labute approximate surface area is 167 Å². The van der Waals surface area contributed by atoms with Crippen molar-refractivity contribution in [2.24, 2.45) is 0 Å². The van der Waals surface area contributed by atoms with Gasteiger partial charge in [0.15, 0.2) is 0 Å². The summed E-state index contributed by atoms with van der Waals surface area (Å²) in [5, 5.41) is 8.42. The number of halogens is 1. The molecule has 0 spiro atoms. The predicted octanol–water partition coefficient (Wildman–Crippen LogP) is 0.874. The van der Waals surface area contributed by atoms with E-state index in [-0.39, 0.29) is 31.0 Å².